The van der Waals surface area contributed by atoms with Crippen LogP contribution >= 0.6 is 0 Å². The first-order chi connectivity index (χ1) is 11.8. The highest BCUT2D eigenvalue weighted by Gasteiger charge is 2.28. The van der Waals surface area contributed by atoms with Gasteiger partial charge >= 0.3 is 0 Å². The number of nitrogens with one attached hydrogen (secondary N) is 1. The van der Waals surface area contributed by atoms with Gasteiger partial charge in [0.2, 0.25) is 5.91 Å². The zero-order valence-corrected chi connectivity index (χ0v) is 13.2. The molecule has 1 aliphatic heterocycles. The van der Waals surface area contributed by atoms with Gasteiger partial charge in [-0.1, -0.05) is 30.3 Å². The molecule has 0 aliphatic carbocycles. The Morgan fingerprint density at radius 1 is 1.08 bits per heavy atom. The Hall–Kier alpha value is -2.73. The third kappa shape index (κ3) is 3.78. The third-order valence-corrected chi connectivity index (χ3v) is 3.90. The molecule has 24 heavy (non-hydrogen) atoms. The van der Waals surface area contributed by atoms with Crippen LogP contribution in [0.15, 0.2) is 54.9 Å². The van der Waals surface area contributed by atoms with E-state index in [1.54, 1.807) is 23.2 Å². The van der Waals surface area contributed by atoms with Crippen molar-refractivity contribution in [2.75, 3.05) is 26.3 Å². The second-order valence-corrected chi connectivity index (χ2v) is 5.50. The van der Waals surface area contributed by atoms with Crippen molar-refractivity contribution in [2.45, 2.75) is 6.04 Å². The fourth-order valence-electron chi connectivity index (χ4n) is 2.61. The minimum Gasteiger partial charge on any atom is -0.378 e. The van der Waals surface area contributed by atoms with Crippen LogP contribution in [0.2, 0.25) is 0 Å². The second kappa shape index (κ2) is 7.70. The summed E-state index contributed by atoms with van der Waals surface area (Å²) in [5.41, 5.74) is 1.18. The maximum Gasteiger partial charge on any atom is 0.253 e. The van der Waals surface area contributed by atoms with Gasteiger partial charge in [0.05, 0.1) is 18.8 Å². The minimum absolute atomic E-state index is 0.123. The van der Waals surface area contributed by atoms with Gasteiger partial charge in [-0.05, 0) is 17.7 Å². The fraction of sp³-hybridized carbons (Fsp3) is 0.278. The molecule has 1 aromatic heterocycles. The number of aromatic nitrogens is 1. The predicted molar refractivity (Wildman–Crippen MR) is 88.3 cm³/mol. The summed E-state index contributed by atoms with van der Waals surface area (Å²) in [6, 6.07) is 11.9. The van der Waals surface area contributed by atoms with Crippen LogP contribution in [0.5, 0.6) is 0 Å². The molecule has 2 amide bonds. The van der Waals surface area contributed by atoms with E-state index in [9.17, 15) is 9.59 Å². The molecule has 0 unspecified atom stereocenters. The van der Waals surface area contributed by atoms with E-state index in [0.717, 1.165) is 5.56 Å². The van der Waals surface area contributed by atoms with Crippen molar-refractivity contribution in [1.29, 1.82) is 0 Å². The molecule has 0 spiro atoms. The summed E-state index contributed by atoms with van der Waals surface area (Å²) in [7, 11) is 0. The Labute approximate surface area is 140 Å². The summed E-state index contributed by atoms with van der Waals surface area (Å²) >= 11 is 0. The Morgan fingerprint density at radius 3 is 2.50 bits per heavy atom. The minimum atomic E-state index is -0.725. The molecule has 6 heteroatoms. The lowest BCUT2D eigenvalue weighted by atomic mass is 10.0. The number of hydrogen-bond acceptors (Lipinski definition) is 4. The zero-order valence-electron chi connectivity index (χ0n) is 13.2. The van der Waals surface area contributed by atoms with Crippen LogP contribution in [0, 0.1) is 0 Å². The van der Waals surface area contributed by atoms with E-state index < -0.39 is 6.04 Å². The van der Waals surface area contributed by atoms with Crippen LogP contribution < -0.4 is 5.32 Å². The van der Waals surface area contributed by atoms with Crippen molar-refractivity contribution in [1.82, 2.24) is 15.2 Å². The number of amides is 2. The molecule has 1 atom stereocenters. The fourth-order valence-corrected chi connectivity index (χ4v) is 2.61. The molecule has 1 aromatic carbocycles. The molecule has 0 saturated carbocycles. The molecule has 1 aliphatic rings. The van der Waals surface area contributed by atoms with E-state index in [1.165, 1.54) is 6.20 Å². The number of ether oxygens (including phenoxy) is 1. The quantitative estimate of drug-likeness (QED) is 0.923. The van der Waals surface area contributed by atoms with Gasteiger partial charge in [0.15, 0.2) is 0 Å². The van der Waals surface area contributed by atoms with Gasteiger partial charge < -0.3 is 15.0 Å². The molecule has 0 bridgehead atoms. The normalized spacial score (nSPS) is 15.6. The first-order valence-corrected chi connectivity index (χ1v) is 7.88. The number of morpholine rings is 1. The number of hydrogen-bond donors (Lipinski definition) is 1. The van der Waals surface area contributed by atoms with Crippen LogP contribution in [0.3, 0.4) is 0 Å². The first kappa shape index (κ1) is 16.1. The summed E-state index contributed by atoms with van der Waals surface area (Å²) in [6.07, 6.45) is 3.08. The first-order valence-electron chi connectivity index (χ1n) is 7.88. The van der Waals surface area contributed by atoms with E-state index in [2.05, 4.69) is 10.3 Å². The van der Waals surface area contributed by atoms with Crippen LogP contribution in [-0.2, 0) is 9.53 Å². The van der Waals surface area contributed by atoms with Gasteiger partial charge in [0.1, 0.15) is 6.04 Å². The number of pyridine rings is 1. The van der Waals surface area contributed by atoms with E-state index in [-0.39, 0.29) is 11.8 Å². The number of nitrogens with zero attached hydrogens (tertiary/aromatic N) is 2. The maximum absolute atomic E-state index is 12.9. The van der Waals surface area contributed by atoms with Crippen molar-refractivity contribution in [3.8, 4) is 0 Å². The van der Waals surface area contributed by atoms with Crippen molar-refractivity contribution in [3.05, 3.63) is 66.0 Å². The summed E-state index contributed by atoms with van der Waals surface area (Å²) in [5, 5.41) is 2.84. The molecule has 2 heterocycles. The molecule has 1 saturated heterocycles. The lowest BCUT2D eigenvalue weighted by molar-refractivity contribution is -0.137. The molecule has 2 aromatic rings. The number of carbonyl (C=O) groups excluding carboxylic acids is 2. The molecular weight excluding hydrogens is 306 g/mol. The zero-order chi connectivity index (χ0) is 16.8. The maximum atomic E-state index is 12.9. The lowest BCUT2D eigenvalue weighted by Gasteiger charge is -2.31. The molecule has 3 rings (SSSR count). The van der Waals surface area contributed by atoms with Crippen LogP contribution in [-0.4, -0.2) is 48.0 Å². The average molecular weight is 325 g/mol. The summed E-state index contributed by atoms with van der Waals surface area (Å²) in [6.45, 7) is 2.10. The molecule has 1 N–H and O–H groups in total. The third-order valence-electron chi connectivity index (χ3n) is 3.90. The number of rotatable bonds is 4. The standard InChI is InChI=1S/C18H19N3O3/c22-17(15-7-4-8-19-13-15)20-16(14-5-2-1-3-6-14)18(23)21-9-11-24-12-10-21/h1-8,13,16H,9-12H2,(H,20,22)/t16-/m0/s1. The molecule has 6 nitrogen and oxygen atoms in total. The Balaban J connectivity index is 1.82. The average Bonchev–Trinajstić information content (AvgIpc) is 2.67. The Bertz CT molecular complexity index is 685. The monoisotopic (exact) mass is 325 g/mol. The van der Waals surface area contributed by atoms with Crippen molar-refractivity contribution in [2.24, 2.45) is 0 Å². The highest BCUT2D eigenvalue weighted by atomic mass is 16.5. The number of benzene rings is 1. The highest BCUT2D eigenvalue weighted by molar-refractivity contribution is 5.97. The SMILES string of the molecule is O=C(N[C@H](C(=O)N1CCOCC1)c1ccccc1)c1cccnc1. The van der Waals surface area contributed by atoms with E-state index in [4.69, 9.17) is 4.74 Å². The Kier molecular flexibility index (Phi) is 5.18. The van der Waals surface area contributed by atoms with Crippen molar-refractivity contribution < 1.29 is 14.3 Å². The topological polar surface area (TPSA) is 71.5 Å². The molecule has 0 radical (unpaired) electrons. The van der Waals surface area contributed by atoms with Gasteiger partial charge in [-0.25, -0.2) is 0 Å². The summed E-state index contributed by atoms with van der Waals surface area (Å²) < 4.78 is 5.30. The lowest BCUT2D eigenvalue weighted by Crippen LogP contribution is -2.47. The van der Waals surface area contributed by atoms with Crippen LogP contribution in [0.25, 0.3) is 0 Å². The number of carbonyl (C=O) groups is 2. The highest BCUT2D eigenvalue weighted by Crippen LogP contribution is 2.17. The van der Waals surface area contributed by atoms with Gasteiger partial charge in [0.25, 0.3) is 5.91 Å². The van der Waals surface area contributed by atoms with Crippen molar-refractivity contribution >= 4 is 11.8 Å². The predicted octanol–water partition coefficient (Wildman–Crippen LogP) is 1.41. The summed E-state index contributed by atoms with van der Waals surface area (Å²) in [5.74, 6) is -0.444. The van der Waals surface area contributed by atoms with Gasteiger partial charge in [0, 0.05) is 25.5 Å². The molecule has 124 valence electrons. The smallest absolute Gasteiger partial charge is 0.253 e. The van der Waals surface area contributed by atoms with Crippen LogP contribution in [0.1, 0.15) is 22.0 Å². The van der Waals surface area contributed by atoms with Gasteiger partial charge in [-0.2, -0.15) is 0 Å². The Morgan fingerprint density at radius 2 is 1.83 bits per heavy atom. The van der Waals surface area contributed by atoms with Crippen molar-refractivity contribution in [3.63, 3.8) is 0 Å². The van der Waals surface area contributed by atoms with E-state index >= 15 is 0 Å². The molecule has 1 fully saturated rings. The molecular formula is C18H19N3O3. The van der Waals surface area contributed by atoms with Gasteiger partial charge in [-0.15, -0.1) is 0 Å². The van der Waals surface area contributed by atoms with Gasteiger partial charge in [-0.3, -0.25) is 14.6 Å². The van der Waals surface area contributed by atoms with E-state index in [1.807, 2.05) is 30.3 Å². The van der Waals surface area contributed by atoms with E-state index in [0.29, 0.717) is 31.9 Å². The summed E-state index contributed by atoms with van der Waals surface area (Å²) in [4.78, 5) is 31.0. The second-order valence-electron chi connectivity index (χ2n) is 5.50. The van der Waals surface area contributed by atoms with Crippen LogP contribution in [0.4, 0.5) is 0 Å². The largest absolute Gasteiger partial charge is 0.378 e.